The van der Waals surface area contributed by atoms with Crippen molar-refractivity contribution < 1.29 is 4.42 Å². The Hall–Kier alpha value is -2.72. The van der Waals surface area contributed by atoms with E-state index in [4.69, 9.17) is 21.0 Å². The number of aromatic nitrogens is 3. The zero-order chi connectivity index (χ0) is 14.9. The van der Waals surface area contributed by atoms with E-state index in [0.29, 0.717) is 10.9 Å². The standard InChI is InChI=1S/C17H10ClN3O/c18-14-7-3-1-6-12(14)16-9-13(17-21-19-10-22-17)11-5-2-4-8-15(11)20-16/h1-10H. The lowest BCUT2D eigenvalue weighted by atomic mass is 10.0. The van der Waals surface area contributed by atoms with Gasteiger partial charge in [0.25, 0.3) is 0 Å². The maximum Gasteiger partial charge on any atom is 0.248 e. The fourth-order valence-corrected chi connectivity index (χ4v) is 2.68. The minimum atomic E-state index is 0.465. The van der Waals surface area contributed by atoms with Crippen molar-refractivity contribution in [1.82, 2.24) is 15.2 Å². The van der Waals surface area contributed by atoms with Crippen molar-refractivity contribution in [2.24, 2.45) is 0 Å². The Morgan fingerprint density at radius 1 is 0.909 bits per heavy atom. The van der Waals surface area contributed by atoms with Gasteiger partial charge >= 0.3 is 0 Å². The molecule has 2 aromatic carbocycles. The van der Waals surface area contributed by atoms with Gasteiger partial charge in [0.2, 0.25) is 12.3 Å². The van der Waals surface area contributed by atoms with Gasteiger partial charge < -0.3 is 4.42 Å². The maximum absolute atomic E-state index is 6.30. The second-order valence-electron chi connectivity index (χ2n) is 4.80. The summed E-state index contributed by atoms with van der Waals surface area (Å²) in [6.45, 7) is 0. The van der Waals surface area contributed by atoms with Crippen molar-refractivity contribution in [3.05, 3.63) is 66.0 Å². The average molecular weight is 308 g/mol. The summed E-state index contributed by atoms with van der Waals surface area (Å²) in [5.74, 6) is 0.465. The molecule has 0 bridgehead atoms. The van der Waals surface area contributed by atoms with Gasteiger partial charge in [-0.25, -0.2) is 4.98 Å². The number of para-hydroxylation sites is 1. The van der Waals surface area contributed by atoms with Gasteiger partial charge in [-0.05, 0) is 18.2 Å². The number of pyridine rings is 1. The van der Waals surface area contributed by atoms with Crippen LogP contribution in [0.2, 0.25) is 5.02 Å². The lowest BCUT2D eigenvalue weighted by Gasteiger charge is -2.08. The highest BCUT2D eigenvalue weighted by atomic mass is 35.5. The minimum Gasteiger partial charge on any atom is -0.423 e. The minimum absolute atomic E-state index is 0.465. The normalized spacial score (nSPS) is 11.0. The molecule has 4 rings (SSSR count). The quantitative estimate of drug-likeness (QED) is 0.543. The number of benzene rings is 2. The zero-order valence-corrected chi connectivity index (χ0v) is 12.2. The molecule has 0 atom stereocenters. The Kier molecular flexibility index (Phi) is 3.09. The van der Waals surface area contributed by atoms with Crippen molar-refractivity contribution in [3.8, 4) is 22.7 Å². The van der Waals surface area contributed by atoms with Crippen molar-refractivity contribution in [3.63, 3.8) is 0 Å². The largest absolute Gasteiger partial charge is 0.423 e. The third kappa shape index (κ3) is 2.14. The summed E-state index contributed by atoms with van der Waals surface area (Å²) in [4.78, 5) is 4.70. The molecule has 2 heterocycles. The van der Waals surface area contributed by atoms with Gasteiger partial charge in [0.05, 0.1) is 16.8 Å². The van der Waals surface area contributed by atoms with Gasteiger partial charge in [0.1, 0.15) is 0 Å². The van der Waals surface area contributed by atoms with Gasteiger partial charge in [-0.2, -0.15) is 0 Å². The number of fused-ring (bicyclic) bond motifs is 1. The molecule has 106 valence electrons. The van der Waals surface area contributed by atoms with Gasteiger partial charge in [-0.15, -0.1) is 10.2 Å². The molecule has 0 amide bonds. The molecule has 0 saturated heterocycles. The highest BCUT2D eigenvalue weighted by molar-refractivity contribution is 6.33. The molecule has 0 aliphatic rings. The molecule has 5 heteroatoms. The Bertz CT molecular complexity index is 951. The van der Waals surface area contributed by atoms with E-state index >= 15 is 0 Å². The van der Waals surface area contributed by atoms with E-state index in [-0.39, 0.29) is 0 Å². The van der Waals surface area contributed by atoms with Crippen LogP contribution in [0.5, 0.6) is 0 Å². The highest BCUT2D eigenvalue weighted by Crippen LogP contribution is 2.33. The van der Waals surface area contributed by atoms with Crippen molar-refractivity contribution in [2.75, 3.05) is 0 Å². The van der Waals surface area contributed by atoms with E-state index < -0.39 is 0 Å². The van der Waals surface area contributed by atoms with Crippen LogP contribution >= 0.6 is 11.6 Å². The first-order valence-corrected chi connectivity index (χ1v) is 7.12. The number of nitrogens with zero attached hydrogens (tertiary/aromatic N) is 3. The van der Waals surface area contributed by atoms with Crippen LogP contribution in [0.25, 0.3) is 33.6 Å². The predicted octanol–water partition coefficient (Wildman–Crippen LogP) is 4.61. The Labute approximate surface area is 131 Å². The van der Waals surface area contributed by atoms with Crippen LogP contribution in [-0.2, 0) is 0 Å². The SMILES string of the molecule is Clc1ccccc1-c1cc(-c2nnco2)c2ccccc2n1. The van der Waals surface area contributed by atoms with E-state index in [2.05, 4.69) is 10.2 Å². The van der Waals surface area contributed by atoms with Crippen LogP contribution in [0.3, 0.4) is 0 Å². The third-order valence-electron chi connectivity index (χ3n) is 3.46. The van der Waals surface area contributed by atoms with Crippen LogP contribution < -0.4 is 0 Å². The van der Waals surface area contributed by atoms with Crippen LogP contribution in [0.4, 0.5) is 0 Å². The lowest BCUT2D eigenvalue weighted by Crippen LogP contribution is -1.90. The fourth-order valence-electron chi connectivity index (χ4n) is 2.45. The molecule has 0 aliphatic carbocycles. The number of rotatable bonds is 2. The van der Waals surface area contributed by atoms with Crippen molar-refractivity contribution in [1.29, 1.82) is 0 Å². The second kappa shape index (κ2) is 5.24. The molecular weight excluding hydrogens is 298 g/mol. The predicted molar refractivity (Wildman–Crippen MR) is 85.5 cm³/mol. The molecule has 0 aliphatic heterocycles. The van der Waals surface area contributed by atoms with Gasteiger partial charge in [-0.3, -0.25) is 0 Å². The third-order valence-corrected chi connectivity index (χ3v) is 3.79. The summed E-state index contributed by atoms with van der Waals surface area (Å²) in [6, 6.07) is 17.4. The molecule has 22 heavy (non-hydrogen) atoms. The molecular formula is C17H10ClN3O. The molecule has 4 nitrogen and oxygen atoms in total. The summed E-state index contributed by atoms with van der Waals surface area (Å²) in [7, 11) is 0. The molecule has 2 aromatic heterocycles. The van der Waals surface area contributed by atoms with Crippen molar-refractivity contribution in [2.45, 2.75) is 0 Å². The first-order valence-electron chi connectivity index (χ1n) is 6.74. The Morgan fingerprint density at radius 3 is 2.55 bits per heavy atom. The molecule has 0 unspecified atom stereocenters. The number of hydrogen-bond acceptors (Lipinski definition) is 4. The number of halogens is 1. The molecule has 0 N–H and O–H groups in total. The van der Waals surface area contributed by atoms with E-state index in [0.717, 1.165) is 27.7 Å². The van der Waals surface area contributed by atoms with E-state index in [9.17, 15) is 0 Å². The molecule has 0 radical (unpaired) electrons. The Balaban J connectivity index is 2.04. The first kappa shape index (κ1) is 13.0. The summed E-state index contributed by atoms with van der Waals surface area (Å²) in [6.07, 6.45) is 1.32. The van der Waals surface area contributed by atoms with Crippen LogP contribution in [0.1, 0.15) is 0 Å². The number of hydrogen-bond donors (Lipinski definition) is 0. The van der Waals surface area contributed by atoms with Gasteiger partial charge in [-0.1, -0.05) is 48.0 Å². The van der Waals surface area contributed by atoms with Crippen LogP contribution in [0, 0.1) is 0 Å². The maximum atomic E-state index is 6.30. The van der Waals surface area contributed by atoms with E-state index in [1.165, 1.54) is 6.39 Å². The summed E-state index contributed by atoms with van der Waals surface area (Å²) < 4.78 is 5.37. The lowest BCUT2D eigenvalue weighted by molar-refractivity contribution is 0.569. The molecule has 0 fully saturated rings. The monoisotopic (exact) mass is 307 g/mol. The smallest absolute Gasteiger partial charge is 0.248 e. The molecule has 4 aromatic rings. The average Bonchev–Trinajstić information content (AvgIpc) is 3.08. The van der Waals surface area contributed by atoms with Gasteiger partial charge in [0.15, 0.2) is 0 Å². The molecule has 0 spiro atoms. The van der Waals surface area contributed by atoms with Crippen LogP contribution in [0.15, 0.2) is 65.4 Å². The van der Waals surface area contributed by atoms with Crippen molar-refractivity contribution >= 4 is 22.5 Å². The zero-order valence-electron chi connectivity index (χ0n) is 11.4. The summed E-state index contributed by atoms with van der Waals surface area (Å²) >= 11 is 6.30. The fraction of sp³-hybridized carbons (Fsp3) is 0. The topological polar surface area (TPSA) is 51.8 Å². The summed E-state index contributed by atoms with van der Waals surface area (Å²) in [5, 5.41) is 9.39. The van der Waals surface area contributed by atoms with E-state index in [1.807, 2.05) is 54.6 Å². The second-order valence-corrected chi connectivity index (χ2v) is 5.20. The first-order chi connectivity index (χ1) is 10.8. The molecule has 0 saturated carbocycles. The van der Waals surface area contributed by atoms with E-state index in [1.54, 1.807) is 0 Å². The highest BCUT2D eigenvalue weighted by Gasteiger charge is 2.13. The van der Waals surface area contributed by atoms with Gasteiger partial charge in [0, 0.05) is 16.0 Å². The Morgan fingerprint density at radius 2 is 1.73 bits per heavy atom. The summed E-state index contributed by atoms with van der Waals surface area (Å²) in [5.41, 5.74) is 3.35. The van der Waals surface area contributed by atoms with Crippen LogP contribution in [-0.4, -0.2) is 15.2 Å².